The molecule has 7 heteroatoms. The summed E-state index contributed by atoms with van der Waals surface area (Å²) < 4.78 is 27.0. The molecule has 0 unspecified atom stereocenters. The first-order valence-electron chi connectivity index (χ1n) is 6.95. The van der Waals surface area contributed by atoms with E-state index < -0.39 is 10.0 Å². The van der Waals surface area contributed by atoms with Gasteiger partial charge in [0.2, 0.25) is 10.0 Å². The number of nitrogens with two attached hydrogens (primary N) is 1. The second kappa shape index (κ2) is 6.51. The van der Waals surface area contributed by atoms with E-state index in [1.54, 1.807) is 6.07 Å². The van der Waals surface area contributed by atoms with Gasteiger partial charge in [-0.1, -0.05) is 6.92 Å². The van der Waals surface area contributed by atoms with Crippen LogP contribution in [0.25, 0.3) is 0 Å². The Labute approximate surface area is 120 Å². The molecule has 3 N–H and O–H groups in total. The lowest BCUT2D eigenvalue weighted by atomic mass is 9.97. The van der Waals surface area contributed by atoms with E-state index in [9.17, 15) is 8.42 Å². The number of nitrogen functional groups attached to an aromatic ring is 1. The van der Waals surface area contributed by atoms with E-state index >= 15 is 0 Å². The van der Waals surface area contributed by atoms with Crippen LogP contribution in [0.2, 0.25) is 0 Å². The minimum absolute atomic E-state index is 0.0424. The van der Waals surface area contributed by atoms with E-state index in [0.717, 1.165) is 32.5 Å². The standard InChI is InChI=1S/C13H22N4O2S/c1-2-17-8-5-11(6-9-17)10-16-20(18,19)12-4-3-7-15-13(12)14/h3-4,7,11,16H,2,5-6,8-10H2,1H3,(H2,14,15). The highest BCUT2D eigenvalue weighted by Gasteiger charge is 2.22. The molecule has 2 heterocycles. The lowest BCUT2D eigenvalue weighted by Crippen LogP contribution is -2.38. The van der Waals surface area contributed by atoms with Crippen LogP contribution in [0.1, 0.15) is 19.8 Å². The molecule has 0 aromatic carbocycles. The van der Waals surface area contributed by atoms with E-state index in [1.807, 2.05) is 0 Å². The van der Waals surface area contributed by atoms with Gasteiger partial charge in [0.25, 0.3) is 0 Å². The van der Waals surface area contributed by atoms with Crippen molar-refractivity contribution in [2.45, 2.75) is 24.7 Å². The topological polar surface area (TPSA) is 88.3 Å². The second-order valence-corrected chi connectivity index (χ2v) is 6.85. The van der Waals surface area contributed by atoms with Crippen LogP contribution in [0.3, 0.4) is 0 Å². The van der Waals surface area contributed by atoms with Crippen molar-refractivity contribution in [1.29, 1.82) is 0 Å². The van der Waals surface area contributed by atoms with Crippen molar-refractivity contribution >= 4 is 15.8 Å². The molecule has 1 aromatic heterocycles. The number of nitrogens with one attached hydrogen (secondary N) is 1. The van der Waals surface area contributed by atoms with Crippen molar-refractivity contribution in [3.8, 4) is 0 Å². The normalized spacial score (nSPS) is 18.2. The Morgan fingerprint density at radius 3 is 2.75 bits per heavy atom. The molecule has 1 aromatic rings. The molecule has 2 rings (SSSR count). The number of nitrogens with zero attached hydrogens (tertiary/aromatic N) is 2. The predicted molar refractivity (Wildman–Crippen MR) is 78.7 cm³/mol. The average Bonchev–Trinajstić information content (AvgIpc) is 2.46. The first-order valence-corrected chi connectivity index (χ1v) is 8.43. The van der Waals surface area contributed by atoms with Crippen molar-refractivity contribution in [3.05, 3.63) is 18.3 Å². The Balaban J connectivity index is 1.92. The van der Waals surface area contributed by atoms with Crippen LogP contribution in [0.4, 0.5) is 5.82 Å². The second-order valence-electron chi connectivity index (χ2n) is 5.12. The van der Waals surface area contributed by atoms with E-state index in [1.165, 1.54) is 12.3 Å². The van der Waals surface area contributed by atoms with Crippen LogP contribution in [0, 0.1) is 5.92 Å². The highest BCUT2D eigenvalue weighted by atomic mass is 32.2. The molecule has 0 spiro atoms. The van der Waals surface area contributed by atoms with Crippen LogP contribution >= 0.6 is 0 Å². The summed E-state index contributed by atoms with van der Waals surface area (Å²) in [5, 5.41) is 0. The minimum Gasteiger partial charge on any atom is -0.383 e. The Morgan fingerprint density at radius 1 is 1.45 bits per heavy atom. The average molecular weight is 298 g/mol. The Kier molecular flexibility index (Phi) is 4.95. The van der Waals surface area contributed by atoms with Crippen LogP contribution in [0.15, 0.2) is 23.2 Å². The molecule has 112 valence electrons. The smallest absolute Gasteiger partial charge is 0.244 e. The van der Waals surface area contributed by atoms with E-state index in [2.05, 4.69) is 21.5 Å². The van der Waals surface area contributed by atoms with E-state index in [0.29, 0.717) is 12.5 Å². The number of hydrogen-bond acceptors (Lipinski definition) is 5. The van der Waals surface area contributed by atoms with Gasteiger partial charge in [-0.15, -0.1) is 0 Å². The lowest BCUT2D eigenvalue weighted by Gasteiger charge is -2.30. The van der Waals surface area contributed by atoms with Crippen molar-refractivity contribution in [2.75, 3.05) is 31.9 Å². The van der Waals surface area contributed by atoms with Gasteiger partial charge < -0.3 is 10.6 Å². The maximum Gasteiger partial charge on any atom is 0.244 e. The molecule has 1 fully saturated rings. The maximum absolute atomic E-state index is 12.2. The summed E-state index contributed by atoms with van der Waals surface area (Å²) in [5.41, 5.74) is 5.61. The van der Waals surface area contributed by atoms with Gasteiger partial charge in [-0.3, -0.25) is 0 Å². The number of pyridine rings is 1. The Bertz CT molecular complexity index is 539. The fourth-order valence-corrected chi connectivity index (χ4v) is 3.64. The van der Waals surface area contributed by atoms with Crippen LogP contribution in [0.5, 0.6) is 0 Å². The highest BCUT2D eigenvalue weighted by Crippen LogP contribution is 2.18. The summed E-state index contributed by atoms with van der Waals surface area (Å²) in [6, 6.07) is 3.05. The number of hydrogen-bond donors (Lipinski definition) is 2. The summed E-state index contributed by atoms with van der Waals surface area (Å²) in [4.78, 5) is 6.25. The molecule has 0 aliphatic carbocycles. The van der Waals surface area contributed by atoms with Gasteiger partial charge in [0, 0.05) is 12.7 Å². The quantitative estimate of drug-likeness (QED) is 0.834. The Morgan fingerprint density at radius 2 is 2.15 bits per heavy atom. The zero-order valence-corrected chi connectivity index (χ0v) is 12.6. The zero-order chi connectivity index (χ0) is 14.6. The summed E-state index contributed by atoms with van der Waals surface area (Å²) >= 11 is 0. The SMILES string of the molecule is CCN1CCC(CNS(=O)(=O)c2cccnc2N)CC1. The molecule has 0 bridgehead atoms. The number of rotatable bonds is 5. The first kappa shape index (κ1) is 15.2. The number of aromatic nitrogens is 1. The molecule has 1 saturated heterocycles. The van der Waals surface area contributed by atoms with Crippen LogP contribution in [-0.2, 0) is 10.0 Å². The van der Waals surface area contributed by atoms with E-state index in [4.69, 9.17) is 5.73 Å². The molecule has 1 aliphatic rings. The van der Waals surface area contributed by atoms with Gasteiger partial charge in [0.05, 0.1) is 0 Å². The van der Waals surface area contributed by atoms with Crippen molar-refractivity contribution in [3.63, 3.8) is 0 Å². The number of sulfonamides is 1. The van der Waals surface area contributed by atoms with Gasteiger partial charge in [-0.05, 0) is 50.5 Å². The highest BCUT2D eigenvalue weighted by molar-refractivity contribution is 7.89. The van der Waals surface area contributed by atoms with E-state index in [-0.39, 0.29) is 10.7 Å². The van der Waals surface area contributed by atoms with Gasteiger partial charge in [0.15, 0.2) is 0 Å². The predicted octanol–water partition coefficient (Wildman–Crippen LogP) is 0.674. The van der Waals surface area contributed by atoms with Gasteiger partial charge in [0.1, 0.15) is 10.7 Å². The third-order valence-corrected chi connectivity index (χ3v) is 5.28. The first-order chi connectivity index (χ1) is 9.53. The van der Waals surface area contributed by atoms with Gasteiger partial charge in [-0.2, -0.15) is 0 Å². The fraction of sp³-hybridized carbons (Fsp3) is 0.615. The third kappa shape index (κ3) is 3.68. The molecule has 0 atom stereocenters. The van der Waals surface area contributed by atoms with Crippen molar-refractivity contribution in [2.24, 2.45) is 5.92 Å². The molecule has 6 nitrogen and oxygen atoms in total. The van der Waals surface area contributed by atoms with Crippen molar-refractivity contribution in [1.82, 2.24) is 14.6 Å². The minimum atomic E-state index is -3.56. The largest absolute Gasteiger partial charge is 0.383 e. The number of piperidine rings is 1. The number of anilines is 1. The summed E-state index contributed by atoms with van der Waals surface area (Å²) in [6.45, 7) is 5.75. The zero-order valence-electron chi connectivity index (χ0n) is 11.7. The molecular formula is C13H22N4O2S. The summed E-state index contributed by atoms with van der Waals surface area (Å²) in [7, 11) is -3.56. The number of likely N-dealkylation sites (tertiary alicyclic amines) is 1. The molecule has 1 aliphatic heterocycles. The molecule has 0 amide bonds. The molecule has 0 radical (unpaired) electrons. The van der Waals surface area contributed by atoms with Crippen LogP contribution < -0.4 is 10.5 Å². The van der Waals surface area contributed by atoms with Crippen LogP contribution in [-0.4, -0.2) is 44.5 Å². The lowest BCUT2D eigenvalue weighted by molar-refractivity contribution is 0.194. The Hall–Kier alpha value is -1.18. The maximum atomic E-state index is 12.2. The fourth-order valence-electron chi connectivity index (χ4n) is 2.44. The van der Waals surface area contributed by atoms with Gasteiger partial charge in [-0.25, -0.2) is 18.1 Å². The molecule has 20 heavy (non-hydrogen) atoms. The van der Waals surface area contributed by atoms with Crippen molar-refractivity contribution < 1.29 is 8.42 Å². The summed E-state index contributed by atoms with van der Waals surface area (Å²) in [5.74, 6) is 0.436. The third-order valence-electron chi connectivity index (χ3n) is 3.81. The van der Waals surface area contributed by atoms with Gasteiger partial charge >= 0.3 is 0 Å². The molecular weight excluding hydrogens is 276 g/mol. The monoisotopic (exact) mass is 298 g/mol. The molecule has 0 saturated carbocycles. The summed E-state index contributed by atoms with van der Waals surface area (Å²) in [6.07, 6.45) is 3.53.